The number of ether oxygens (including phenoxy) is 2. The molecule has 0 saturated heterocycles. The van der Waals surface area contributed by atoms with E-state index in [9.17, 15) is 9.59 Å². The van der Waals surface area contributed by atoms with Gasteiger partial charge in [-0.2, -0.15) is 0 Å². The van der Waals surface area contributed by atoms with Gasteiger partial charge in [0.2, 0.25) is 0 Å². The molecule has 4 nitrogen and oxygen atoms in total. The summed E-state index contributed by atoms with van der Waals surface area (Å²) in [5.41, 5.74) is 0. The van der Waals surface area contributed by atoms with Gasteiger partial charge in [0.05, 0.1) is 14.2 Å². The number of hydrogen-bond donors (Lipinski definition) is 0. The van der Waals surface area contributed by atoms with Crippen LogP contribution in [0.4, 0.5) is 0 Å². The van der Waals surface area contributed by atoms with Crippen molar-refractivity contribution in [2.75, 3.05) is 14.2 Å². The Balaban J connectivity index is 3.32. The average Bonchev–Trinajstić information content (AvgIpc) is 2.76. The van der Waals surface area contributed by atoms with E-state index < -0.39 is 0 Å². The predicted molar refractivity (Wildman–Crippen MR) is 125 cm³/mol. The van der Waals surface area contributed by atoms with Crippen molar-refractivity contribution in [1.82, 2.24) is 0 Å². The molecule has 0 aliphatic heterocycles. The molecule has 4 heteroatoms. The average molecular weight is 421 g/mol. The lowest BCUT2D eigenvalue weighted by Gasteiger charge is -2.00. The van der Waals surface area contributed by atoms with Crippen LogP contribution in [-0.4, -0.2) is 26.2 Å². The van der Waals surface area contributed by atoms with Crippen molar-refractivity contribution >= 4 is 11.9 Å². The molecule has 30 heavy (non-hydrogen) atoms. The zero-order valence-electron chi connectivity index (χ0n) is 19.4. The summed E-state index contributed by atoms with van der Waals surface area (Å²) < 4.78 is 9.27. The number of hydrogen-bond acceptors (Lipinski definition) is 4. The molecule has 0 atom stereocenters. The molecule has 0 unspecified atom stereocenters. The monoisotopic (exact) mass is 420 g/mol. The quantitative estimate of drug-likeness (QED) is 0.118. The van der Waals surface area contributed by atoms with Gasteiger partial charge in [-0.25, -0.2) is 0 Å². The van der Waals surface area contributed by atoms with E-state index >= 15 is 0 Å². The van der Waals surface area contributed by atoms with Gasteiger partial charge < -0.3 is 9.47 Å². The van der Waals surface area contributed by atoms with Crippen molar-refractivity contribution in [2.45, 2.75) is 103 Å². The molecule has 0 aromatic carbocycles. The summed E-state index contributed by atoms with van der Waals surface area (Å²) >= 11 is 0. The van der Waals surface area contributed by atoms with Gasteiger partial charge >= 0.3 is 11.9 Å². The number of rotatable bonds is 20. The van der Waals surface area contributed by atoms with Crippen LogP contribution < -0.4 is 0 Å². The Labute approximate surface area is 184 Å². The van der Waals surface area contributed by atoms with Crippen molar-refractivity contribution in [3.63, 3.8) is 0 Å². The van der Waals surface area contributed by atoms with Crippen molar-refractivity contribution in [2.24, 2.45) is 0 Å². The van der Waals surface area contributed by atoms with Crippen LogP contribution >= 0.6 is 0 Å². The van der Waals surface area contributed by atoms with Gasteiger partial charge in [0.25, 0.3) is 0 Å². The first-order valence-electron chi connectivity index (χ1n) is 11.8. The van der Waals surface area contributed by atoms with Crippen LogP contribution in [0.2, 0.25) is 0 Å². The van der Waals surface area contributed by atoms with Gasteiger partial charge in [-0.3, -0.25) is 9.59 Å². The van der Waals surface area contributed by atoms with Crippen molar-refractivity contribution in [3.8, 4) is 0 Å². The van der Waals surface area contributed by atoms with Crippen LogP contribution in [0.3, 0.4) is 0 Å². The second-order valence-corrected chi connectivity index (χ2v) is 7.65. The van der Waals surface area contributed by atoms with Crippen LogP contribution in [0.5, 0.6) is 0 Å². The smallest absolute Gasteiger partial charge is 0.305 e. The zero-order chi connectivity index (χ0) is 22.1. The molecule has 172 valence electrons. The maximum atomic E-state index is 11.0. The van der Waals surface area contributed by atoms with Crippen molar-refractivity contribution in [1.29, 1.82) is 0 Å². The summed E-state index contributed by atoms with van der Waals surface area (Å²) in [4.78, 5) is 22.0. The molecule has 0 amide bonds. The molecule has 0 spiro atoms. The molecule has 0 rings (SSSR count). The lowest BCUT2D eigenvalue weighted by molar-refractivity contribution is -0.141. The molecule has 0 saturated carbocycles. The molecule has 0 aliphatic carbocycles. The number of methoxy groups -OCH3 is 2. The fourth-order valence-electron chi connectivity index (χ4n) is 3.11. The van der Waals surface area contributed by atoms with Gasteiger partial charge in [0, 0.05) is 12.8 Å². The first-order valence-corrected chi connectivity index (χ1v) is 11.8. The molecule has 0 bridgehead atoms. The number of allylic oxidation sites excluding steroid dienone is 6. The van der Waals surface area contributed by atoms with Gasteiger partial charge in [0.1, 0.15) is 0 Å². The summed E-state index contributed by atoms with van der Waals surface area (Å²) in [5.74, 6) is -0.191. The Morgan fingerprint density at radius 1 is 0.500 bits per heavy atom. The van der Waals surface area contributed by atoms with Crippen LogP contribution in [0.15, 0.2) is 36.5 Å². The van der Waals surface area contributed by atoms with E-state index in [1.807, 2.05) is 0 Å². The SMILES string of the molecule is COC(=O)CCCCCCCC=CCC=CCC=CCCCCCCCC(=O)OC. The minimum atomic E-state index is -0.0954. The minimum absolute atomic E-state index is 0.0954. The number of carbonyl (C=O) groups is 2. The van der Waals surface area contributed by atoms with Crippen molar-refractivity contribution < 1.29 is 19.1 Å². The summed E-state index contributed by atoms with van der Waals surface area (Å²) in [6.07, 6.45) is 30.4. The van der Waals surface area contributed by atoms with Crippen LogP contribution in [0.1, 0.15) is 103 Å². The Morgan fingerprint density at radius 2 is 0.833 bits per heavy atom. The summed E-state index contributed by atoms with van der Waals surface area (Å²) in [5, 5.41) is 0. The highest BCUT2D eigenvalue weighted by Gasteiger charge is 1.99. The second-order valence-electron chi connectivity index (χ2n) is 7.65. The van der Waals surface area contributed by atoms with Gasteiger partial charge in [-0.15, -0.1) is 0 Å². The Bertz CT molecular complexity index is 447. The van der Waals surface area contributed by atoms with Gasteiger partial charge in [-0.1, -0.05) is 75.0 Å². The number of carbonyl (C=O) groups excluding carboxylic acids is 2. The predicted octanol–water partition coefficient (Wildman–Crippen LogP) is 7.24. The molecule has 0 aliphatic rings. The molecular weight excluding hydrogens is 376 g/mol. The summed E-state index contributed by atoms with van der Waals surface area (Å²) in [7, 11) is 2.90. The number of esters is 2. The minimum Gasteiger partial charge on any atom is -0.469 e. The molecular formula is C26H44O4. The van der Waals surface area contributed by atoms with Crippen molar-refractivity contribution in [3.05, 3.63) is 36.5 Å². The molecule has 0 radical (unpaired) electrons. The Kier molecular flexibility index (Phi) is 22.0. The fraction of sp³-hybridized carbons (Fsp3) is 0.692. The third kappa shape index (κ3) is 22.4. The number of unbranched alkanes of at least 4 members (excludes halogenated alkanes) is 10. The van der Waals surface area contributed by atoms with E-state index in [0.29, 0.717) is 12.8 Å². The zero-order valence-corrected chi connectivity index (χ0v) is 19.4. The Morgan fingerprint density at radius 3 is 1.23 bits per heavy atom. The van der Waals surface area contributed by atoms with E-state index in [2.05, 4.69) is 45.9 Å². The van der Waals surface area contributed by atoms with E-state index in [1.54, 1.807) is 0 Å². The van der Waals surface area contributed by atoms with E-state index in [0.717, 1.165) is 51.4 Å². The third-order valence-corrected chi connectivity index (χ3v) is 5.00. The van der Waals surface area contributed by atoms with Gasteiger partial charge in [0.15, 0.2) is 0 Å². The van der Waals surface area contributed by atoms with Crippen LogP contribution in [0.25, 0.3) is 0 Å². The van der Waals surface area contributed by atoms with E-state index in [-0.39, 0.29) is 11.9 Å². The maximum Gasteiger partial charge on any atom is 0.305 e. The maximum absolute atomic E-state index is 11.0. The summed E-state index contributed by atoms with van der Waals surface area (Å²) in [6, 6.07) is 0. The third-order valence-electron chi connectivity index (χ3n) is 5.00. The van der Waals surface area contributed by atoms with Crippen LogP contribution in [-0.2, 0) is 19.1 Å². The van der Waals surface area contributed by atoms with E-state index in [1.165, 1.54) is 52.7 Å². The lowest BCUT2D eigenvalue weighted by Crippen LogP contribution is -1.98. The highest BCUT2D eigenvalue weighted by atomic mass is 16.5. The second kappa shape index (κ2) is 23.4. The van der Waals surface area contributed by atoms with E-state index in [4.69, 9.17) is 0 Å². The highest BCUT2D eigenvalue weighted by Crippen LogP contribution is 2.09. The first-order chi connectivity index (χ1) is 14.7. The normalized spacial score (nSPS) is 11.7. The van der Waals surface area contributed by atoms with Crippen LogP contribution in [0, 0.1) is 0 Å². The molecule has 0 heterocycles. The lowest BCUT2D eigenvalue weighted by atomic mass is 10.1. The largest absolute Gasteiger partial charge is 0.469 e. The highest BCUT2D eigenvalue weighted by molar-refractivity contribution is 5.69. The topological polar surface area (TPSA) is 52.6 Å². The fourth-order valence-corrected chi connectivity index (χ4v) is 3.11. The van der Waals surface area contributed by atoms with Gasteiger partial charge in [-0.05, 0) is 51.4 Å². The molecule has 0 N–H and O–H groups in total. The summed E-state index contributed by atoms with van der Waals surface area (Å²) in [6.45, 7) is 0. The molecule has 0 aromatic heterocycles. The standard InChI is InChI=1S/C26H44O4/c1-29-25(27)23-21-19-17-15-13-11-9-7-5-3-4-6-8-10-12-14-16-18-20-22-24-26(28)30-2/h3-4,7-10H,5-6,11-24H2,1-2H3. The molecule has 0 aromatic rings. The Hall–Kier alpha value is -1.84. The molecule has 0 fully saturated rings. The first kappa shape index (κ1) is 28.2.